The van der Waals surface area contributed by atoms with E-state index in [9.17, 15) is 10.1 Å². The molecule has 9 nitrogen and oxygen atoms in total. The van der Waals surface area contributed by atoms with Crippen LogP contribution < -0.4 is 10.2 Å². The smallest absolute Gasteiger partial charge is 0.659 e. The van der Waals surface area contributed by atoms with Gasteiger partial charge in [-0.3, -0.25) is 0 Å². The van der Waals surface area contributed by atoms with E-state index in [1.54, 1.807) is 14.0 Å². The van der Waals surface area contributed by atoms with Crippen LogP contribution in [0.5, 0.6) is 0 Å². The zero-order valence-corrected chi connectivity index (χ0v) is 24.3. The van der Waals surface area contributed by atoms with E-state index in [4.69, 9.17) is 0 Å². The molecule has 1 amide bonds. The molecule has 1 N–H and O–H groups in total. The first-order valence-electron chi connectivity index (χ1n) is 11.1. The maximum absolute atomic E-state index is 11.7. The number of hydrogen-bond donors (Lipinski definition) is 1. The summed E-state index contributed by atoms with van der Waals surface area (Å²) in [5.74, 6) is 7.13. The van der Waals surface area contributed by atoms with Gasteiger partial charge in [-0.25, -0.2) is 9.97 Å². The number of nitrogens with zero attached hydrogens (tertiary/aromatic N) is 7. The molecule has 3 aromatic rings. The third-order valence-corrected chi connectivity index (χ3v) is 5.71. The van der Waals surface area contributed by atoms with Crippen molar-refractivity contribution in [3.63, 3.8) is 0 Å². The average Bonchev–Trinajstić information content (AvgIpc) is 3.11. The topological polar surface area (TPSA) is 115 Å². The number of nitriles is 1. The molecule has 0 saturated carbocycles. The van der Waals surface area contributed by atoms with Crippen LogP contribution >= 0.6 is 0 Å². The molecular weight excluding hydrogens is 666 g/mol. The minimum atomic E-state index is -0.254. The van der Waals surface area contributed by atoms with Crippen molar-refractivity contribution in [2.45, 2.75) is 26.9 Å². The van der Waals surface area contributed by atoms with Crippen LogP contribution in [0.3, 0.4) is 0 Å². The van der Waals surface area contributed by atoms with Crippen molar-refractivity contribution in [1.29, 1.82) is 5.26 Å². The van der Waals surface area contributed by atoms with E-state index in [1.807, 2.05) is 35.8 Å². The quantitative estimate of drug-likeness (QED) is 0.420. The minimum Gasteiger partial charge on any atom is -0.659 e. The first kappa shape index (κ1) is 26.7. The fourth-order valence-electron chi connectivity index (χ4n) is 4.15. The molecule has 1 fully saturated rings. The number of fused-ring (bicyclic) bond motifs is 2. The molecule has 1 aromatic carbocycles. The molecule has 2 aliphatic heterocycles. The molecule has 0 bridgehead atoms. The maximum Gasteiger partial charge on any atom is 2.00 e. The first-order valence-corrected chi connectivity index (χ1v) is 11.1. The predicted molar refractivity (Wildman–Crippen MR) is 132 cm³/mol. The van der Waals surface area contributed by atoms with Crippen LogP contribution in [0.4, 0.5) is 11.5 Å². The summed E-state index contributed by atoms with van der Waals surface area (Å²) >= 11 is 0. The van der Waals surface area contributed by atoms with E-state index in [0.29, 0.717) is 30.0 Å². The number of piperazine rings is 1. The molecule has 2 aromatic heterocycles. The van der Waals surface area contributed by atoms with Gasteiger partial charge in [0.15, 0.2) is 0 Å². The Bertz CT molecular complexity index is 1330. The number of nitrogens with one attached hydrogen (secondary N) is 1. The van der Waals surface area contributed by atoms with E-state index in [0.717, 1.165) is 54.4 Å². The summed E-state index contributed by atoms with van der Waals surface area (Å²) in [6.07, 6.45) is 0. The van der Waals surface area contributed by atoms with E-state index >= 15 is 0 Å². The number of para-hydroxylation sites is 1. The molecule has 4 heterocycles. The van der Waals surface area contributed by atoms with Gasteiger partial charge in [0.1, 0.15) is 23.6 Å². The molecule has 35 heavy (non-hydrogen) atoms. The molecule has 5 rings (SSSR count). The van der Waals surface area contributed by atoms with Crippen LogP contribution in [0.25, 0.3) is 21.5 Å². The zero-order chi connectivity index (χ0) is 24.1. The van der Waals surface area contributed by atoms with Crippen LogP contribution in [0.1, 0.15) is 34.5 Å². The Morgan fingerprint density at radius 2 is 1.97 bits per heavy atom. The van der Waals surface area contributed by atoms with Crippen LogP contribution in [0.15, 0.2) is 24.3 Å². The monoisotopic (exact) mass is 692 g/mol. The Morgan fingerprint density at radius 1 is 1.23 bits per heavy atom. The molecule has 176 valence electrons. The Balaban J connectivity index is 0.000000202. The number of anilines is 1. The summed E-state index contributed by atoms with van der Waals surface area (Å²) < 4.78 is 1.84. The number of carbonyl (C=O) groups is 1. The van der Waals surface area contributed by atoms with Gasteiger partial charge in [0, 0.05) is 37.3 Å². The molecule has 0 spiro atoms. The van der Waals surface area contributed by atoms with Gasteiger partial charge in [0.05, 0.1) is 23.3 Å². The molecule has 0 radical (unpaired) electrons. The molecule has 0 unspecified atom stereocenters. The second-order valence-electron chi connectivity index (χ2n) is 7.89. The fourth-order valence-corrected chi connectivity index (χ4v) is 4.15. The number of carbonyl (C=O) groups excluding carboxylic acids is 1. The molecule has 2 aliphatic rings. The second kappa shape index (κ2) is 12.2. The van der Waals surface area contributed by atoms with Gasteiger partial charge in [-0.1, -0.05) is 36.4 Å². The van der Waals surface area contributed by atoms with E-state index in [2.05, 4.69) is 48.7 Å². The van der Waals surface area contributed by atoms with Gasteiger partial charge in [-0.15, -0.1) is 5.92 Å². The Kier molecular flexibility index (Phi) is 9.32. The number of aromatic nitrogens is 3. The SMILES string of the molecule is CC#CCn1c2c(c(C#N)c1N1CCNCC1)[N-]C2=O.C[N-]Cc1nc(C)c2ccccc2n1.[U+2]. The van der Waals surface area contributed by atoms with Crippen LogP contribution in [-0.2, 0) is 13.1 Å². The predicted octanol–water partition coefficient (Wildman–Crippen LogP) is 3.39. The number of aryl methyl sites for hydroxylation is 1. The molecule has 10 heteroatoms. The largest absolute Gasteiger partial charge is 2.00 e. The van der Waals surface area contributed by atoms with Gasteiger partial charge >= 0.3 is 31.1 Å². The minimum absolute atomic E-state index is 0. The normalized spacial score (nSPS) is 13.7. The van der Waals surface area contributed by atoms with Crippen molar-refractivity contribution in [3.05, 3.63) is 57.7 Å². The number of hydrogen-bond acceptors (Lipinski definition) is 6. The van der Waals surface area contributed by atoms with Crippen molar-refractivity contribution >= 4 is 28.3 Å². The Labute approximate surface area is 229 Å². The van der Waals surface area contributed by atoms with Crippen molar-refractivity contribution in [2.24, 2.45) is 0 Å². The van der Waals surface area contributed by atoms with Crippen molar-refractivity contribution < 1.29 is 35.9 Å². The van der Waals surface area contributed by atoms with Crippen LogP contribution in [0.2, 0.25) is 0 Å². The van der Waals surface area contributed by atoms with Gasteiger partial charge in [-0.05, 0) is 19.9 Å². The number of rotatable bonds is 4. The van der Waals surface area contributed by atoms with Gasteiger partial charge in [0.2, 0.25) is 0 Å². The van der Waals surface area contributed by atoms with E-state index in [1.165, 1.54) is 0 Å². The fraction of sp³-hybridized carbons (Fsp3) is 0.360. The molecular formula is C25H26N8OU. The molecule has 0 aliphatic carbocycles. The van der Waals surface area contributed by atoms with E-state index < -0.39 is 0 Å². The summed E-state index contributed by atoms with van der Waals surface area (Å²) in [4.78, 5) is 22.6. The summed E-state index contributed by atoms with van der Waals surface area (Å²) in [5.41, 5.74) is 3.58. The van der Waals surface area contributed by atoms with Crippen LogP contribution in [0, 0.1) is 61.2 Å². The standard InChI is InChI=1S/C14H15N5O.C11H12N3.U/c1-2-3-6-19-12-11(17-13(12)20)10(9-15)14(19)18-7-4-16-5-8-18;1-8-9-5-3-4-6-10(9)14-11(13-8)7-12-2;/h16H,4-8H2,1H3,(H,17,20);3-6H,7H2,1-2H3;/q;-1;+2/p-1. The van der Waals surface area contributed by atoms with Crippen molar-refractivity contribution in [3.8, 4) is 17.9 Å². The van der Waals surface area contributed by atoms with Gasteiger partial charge in [0.25, 0.3) is 0 Å². The summed E-state index contributed by atoms with van der Waals surface area (Å²) in [6, 6.07) is 10.2. The van der Waals surface area contributed by atoms with Crippen molar-refractivity contribution in [1.82, 2.24) is 19.9 Å². The Hall–Kier alpha value is -2.87. The van der Waals surface area contributed by atoms with Gasteiger partial charge < -0.3 is 30.2 Å². The third-order valence-electron chi connectivity index (χ3n) is 5.71. The summed E-state index contributed by atoms with van der Waals surface area (Å²) in [5, 5.41) is 21.7. The third kappa shape index (κ3) is 5.53. The summed E-state index contributed by atoms with van der Waals surface area (Å²) in [7, 11) is 1.77. The zero-order valence-electron chi connectivity index (χ0n) is 20.1. The molecule has 1 saturated heterocycles. The Morgan fingerprint density at radius 3 is 2.63 bits per heavy atom. The molecule has 0 atom stereocenters. The maximum atomic E-state index is 11.7. The summed E-state index contributed by atoms with van der Waals surface area (Å²) in [6.45, 7) is 8.13. The average molecular weight is 693 g/mol. The van der Waals surface area contributed by atoms with Gasteiger partial charge in [-0.2, -0.15) is 12.3 Å². The number of amides is 1. The van der Waals surface area contributed by atoms with Crippen LogP contribution in [-0.4, -0.2) is 53.7 Å². The van der Waals surface area contributed by atoms with E-state index in [-0.39, 0.29) is 37.0 Å². The first-order chi connectivity index (χ1) is 16.6. The van der Waals surface area contributed by atoms with Crippen molar-refractivity contribution in [2.75, 3.05) is 38.1 Å². The number of benzene rings is 1. The second-order valence-corrected chi connectivity index (χ2v) is 7.89.